The van der Waals surface area contributed by atoms with Crippen molar-refractivity contribution in [3.63, 3.8) is 0 Å². The number of nitrogens with two attached hydrogens (primary N) is 1. The molecule has 2 N–H and O–H groups in total. The van der Waals surface area contributed by atoms with E-state index in [1.165, 1.54) is 5.56 Å². The quantitative estimate of drug-likeness (QED) is 0.691. The number of halogens is 2. The number of rotatable bonds is 4. The second-order valence-corrected chi connectivity index (χ2v) is 6.50. The van der Waals surface area contributed by atoms with Gasteiger partial charge in [-0.3, -0.25) is 9.80 Å². The molecular formula is C19H25Cl2N5. The summed E-state index contributed by atoms with van der Waals surface area (Å²) in [6.45, 7) is 6.23. The molecule has 0 unspecified atom stereocenters. The fourth-order valence-electron chi connectivity index (χ4n) is 3.35. The van der Waals surface area contributed by atoms with E-state index in [1.807, 2.05) is 30.3 Å². The number of pyridine rings is 1. The number of imidazole rings is 1. The Morgan fingerprint density at radius 2 is 1.62 bits per heavy atom. The van der Waals surface area contributed by atoms with Crippen molar-refractivity contribution in [2.75, 3.05) is 31.9 Å². The summed E-state index contributed by atoms with van der Waals surface area (Å²) in [5, 5.41) is 0. The highest BCUT2D eigenvalue weighted by atomic mass is 35.5. The van der Waals surface area contributed by atoms with Gasteiger partial charge in [-0.1, -0.05) is 18.2 Å². The Labute approximate surface area is 166 Å². The lowest BCUT2D eigenvalue weighted by molar-refractivity contribution is 0.121. The number of fused-ring (bicyclic) bond motifs is 1. The molecule has 1 aliphatic rings. The number of nitrogen functional groups attached to an aromatic ring is 1. The normalized spacial score (nSPS) is 15.4. The van der Waals surface area contributed by atoms with Gasteiger partial charge < -0.3 is 10.1 Å². The van der Waals surface area contributed by atoms with Crippen LogP contribution >= 0.6 is 24.8 Å². The SMILES string of the molecule is Cl.Cl.Nc1cccc(CN2CCN(Cc3cn4ccccc4n3)CC2)c1. The monoisotopic (exact) mass is 393 g/mol. The summed E-state index contributed by atoms with van der Waals surface area (Å²) < 4.78 is 2.09. The Hall–Kier alpha value is -1.79. The molecular weight excluding hydrogens is 369 g/mol. The van der Waals surface area contributed by atoms with Gasteiger partial charge in [0.05, 0.1) is 5.69 Å². The summed E-state index contributed by atoms with van der Waals surface area (Å²) in [4.78, 5) is 9.68. The first kappa shape index (κ1) is 20.5. The molecule has 3 aromatic rings. The van der Waals surface area contributed by atoms with Gasteiger partial charge in [-0.05, 0) is 29.8 Å². The van der Waals surface area contributed by atoms with Gasteiger partial charge in [0, 0.05) is 57.3 Å². The highest BCUT2D eigenvalue weighted by molar-refractivity contribution is 5.85. The number of aromatic nitrogens is 2. The fraction of sp³-hybridized carbons (Fsp3) is 0.316. The molecule has 0 amide bonds. The predicted octanol–water partition coefficient (Wildman–Crippen LogP) is 3.08. The molecule has 0 bridgehead atoms. The lowest BCUT2D eigenvalue weighted by atomic mass is 10.1. The maximum absolute atomic E-state index is 5.87. The van der Waals surface area contributed by atoms with Gasteiger partial charge in [-0.25, -0.2) is 4.98 Å². The lowest BCUT2D eigenvalue weighted by Crippen LogP contribution is -2.45. The van der Waals surface area contributed by atoms with Crippen LogP contribution in [0.5, 0.6) is 0 Å². The molecule has 3 heterocycles. The van der Waals surface area contributed by atoms with Crippen molar-refractivity contribution in [2.45, 2.75) is 13.1 Å². The van der Waals surface area contributed by atoms with E-state index in [1.54, 1.807) is 0 Å². The largest absolute Gasteiger partial charge is 0.399 e. The molecule has 0 saturated carbocycles. The van der Waals surface area contributed by atoms with Gasteiger partial charge in [0.2, 0.25) is 0 Å². The standard InChI is InChI=1S/C19H23N5.2ClH/c20-17-5-3-4-16(12-17)13-22-8-10-23(11-9-22)14-18-15-24-7-2-1-6-19(24)21-18;;/h1-7,12,15H,8-11,13-14,20H2;2*1H. The number of piperazine rings is 1. The van der Waals surface area contributed by atoms with Gasteiger partial charge in [-0.2, -0.15) is 0 Å². The average molecular weight is 394 g/mol. The average Bonchev–Trinajstić information content (AvgIpc) is 2.99. The summed E-state index contributed by atoms with van der Waals surface area (Å²) >= 11 is 0. The van der Waals surface area contributed by atoms with E-state index < -0.39 is 0 Å². The van der Waals surface area contributed by atoms with E-state index in [9.17, 15) is 0 Å². The van der Waals surface area contributed by atoms with E-state index in [-0.39, 0.29) is 24.8 Å². The third-order valence-corrected chi connectivity index (χ3v) is 4.62. The molecule has 140 valence electrons. The molecule has 1 saturated heterocycles. The molecule has 1 aromatic carbocycles. The van der Waals surface area contributed by atoms with Gasteiger partial charge in [-0.15, -0.1) is 24.8 Å². The van der Waals surface area contributed by atoms with Crippen LogP contribution in [0, 0.1) is 0 Å². The van der Waals surface area contributed by atoms with Crippen LogP contribution < -0.4 is 5.73 Å². The minimum Gasteiger partial charge on any atom is -0.399 e. The molecule has 0 atom stereocenters. The van der Waals surface area contributed by atoms with Crippen LogP contribution in [0.1, 0.15) is 11.3 Å². The van der Waals surface area contributed by atoms with E-state index in [0.717, 1.165) is 56.3 Å². The molecule has 26 heavy (non-hydrogen) atoms. The van der Waals surface area contributed by atoms with Crippen molar-refractivity contribution in [1.82, 2.24) is 19.2 Å². The van der Waals surface area contributed by atoms with E-state index in [4.69, 9.17) is 10.7 Å². The molecule has 0 radical (unpaired) electrons. The second kappa shape index (κ2) is 9.24. The topological polar surface area (TPSA) is 49.8 Å². The highest BCUT2D eigenvalue weighted by Gasteiger charge is 2.18. The fourth-order valence-corrected chi connectivity index (χ4v) is 3.35. The number of anilines is 1. The molecule has 4 rings (SSSR count). The Balaban J connectivity index is 0.00000121. The van der Waals surface area contributed by atoms with Crippen LogP contribution in [0.3, 0.4) is 0 Å². The first-order valence-corrected chi connectivity index (χ1v) is 8.48. The van der Waals surface area contributed by atoms with Gasteiger partial charge in [0.1, 0.15) is 5.65 Å². The third-order valence-electron chi connectivity index (χ3n) is 4.62. The van der Waals surface area contributed by atoms with Crippen LogP contribution in [0.2, 0.25) is 0 Å². The summed E-state index contributed by atoms with van der Waals surface area (Å²) in [6.07, 6.45) is 4.18. The van der Waals surface area contributed by atoms with Crippen molar-refractivity contribution in [3.8, 4) is 0 Å². The number of benzene rings is 1. The number of hydrogen-bond acceptors (Lipinski definition) is 4. The third kappa shape index (κ3) is 4.89. The van der Waals surface area contributed by atoms with Crippen molar-refractivity contribution in [1.29, 1.82) is 0 Å². The minimum atomic E-state index is 0. The van der Waals surface area contributed by atoms with Crippen LogP contribution in [0.15, 0.2) is 54.9 Å². The Bertz CT molecular complexity index is 794. The molecule has 0 aliphatic carbocycles. The molecule has 2 aromatic heterocycles. The lowest BCUT2D eigenvalue weighted by Gasteiger charge is -2.34. The summed E-state index contributed by atoms with van der Waals surface area (Å²) in [5.41, 5.74) is 10.2. The van der Waals surface area contributed by atoms with E-state index in [0.29, 0.717) is 0 Å². The summed E-state index contributed by atoms with van der Waals surface area (Å²) in [6, 6.07) is 14.3. The first-order chi connectivity index (χ1) is 11.8. The zero-order valence-corrected chi connectivity index (χ0v) is 16.3. The van der Waals surface area contributed by atoms with Crippen molar-refractivity contribution >= 4 is 36.1 Å². The highest BCUT2D eigenvalue weighted by Crippen LogP contribution is 2.13. The molecule has 0 spiro atoms. The first-order valence-electron chi connectivity index (χ1n) is 8.48. The maximum Gasteiger partial charge on any atom is 0.137 e. The van der Waals surface area contributed by atoms with Crippen LogP contribution in [0.4, 0.5) is 5.69 Å². The number of hydrogen-bond donors (Lipinski definition) is 1. The van der Waals surface area contributed by atoms with E-state index >= 15 is 0 Å². The Kier molecular flexibility index (Phi) is 7.29. The molecule has 1 aliphatic heterocycles. The van der Waals surface area contributed by atoms with Crippen LogP contribution in [-0.2, 0) is 13.1 Å². The van der Waals surface area contributed by atoms with Crippen molar-refractivity contribution in [3.05, 3.63) is 66.1 Å². The number of nitrogens with zero attached hydrogens (tertiary/aromatic N) is 4. The van der Waals surface area contributed by atoms with Crippen LogP contribution in [-0.4, -0.2) is 45.4 Å². The van der Waals surface area contributed by atoms with Gasteiger partial charge in [0.15, 0.2) is 0 Å². The zero-order valence-electron chi connectivity index (χ0n) is 14.6. The zero-order chi connectivity index (χ0) is 16.4. The molecule has 7 heteroatoms. The Morgan fingerprint density at radius 1 is 0.885 bits per heavy atom. The molecule has 1 fully saturated rings. The summed E-state index contributed by atoms with van der Waals surface area (Å²) in [7, 11) is 0. The van der Waals surface area contributed by atoms with Gasteiger partial charge in [0.25, 0.3) is 0 Å². The smallest absolute Gasteiger partial charge is 0.137 e. The minimum absolute atomic E-state index is 0. The van der Waals surface area contributed by atoms with Crippen molar-refractivity contribution in [2.24, 2.45) is 0 Å². The Morgan fingerprint density at radius 3 is 2.31 bits per heavy atom. The van der Waals surface area contributed by atoms with Crippen LogP contribution in [0.25, 0.3) is 5.65 Å². The maximum atomic E-state index is 5.87. The predicted molar refractivity (Wildman–Crippen MR) is 111 cm³/mol. The van der Waals surface area contributed by atoms with E-state index in [2.05, 4.69) is 38.7 Å². The van der Waals surface area contributed by atoms with Crippen molar-refractivity contribution < 1.29 is 0 Å². The molecule has 5 nitrogen and oxygen atoms in total. The second-order valence-electron chi connectivity index (χ2n) is 6.50. The van der Waals surface area contributed by atoms with Gasteiger partial charge >= 0.3 is 0 Å². The summed E-state index contributed by atoms with van der Waals surface area (Å²) in [5.74, 6) is 0.